The van der Waals surface area contributed by atoms with E-state index in [1.54, 1.807) is 19.1 Å². The highest BCUT2D eigenvalue weighted by Crippen LogP contribution is 2.31. The molecule has 0 unspecified atom stereocenters. The molecule has 5 heteroatoms. The number of nitrogens with zero attached hydrogens (tertiary/aromatic N) is 1. The number of carbonyl (C=O) groups is 1. The Hall–Kier alpha value is -3.11. The van der Waals surface area contributed by atoms with Crippen LogP contribution in [0.25, 0.3) is 29.0 Å². The number of halogens is 1. The molecule has 0 fully saturated rings. The molecule has 3 rings (SSSR count). The largest absolute Gasteiger partial charge is 0.465 e. The maximum atomic E-state index is 12.0. The van der Waals surface area contributed by atoms with Gasteiger partial charge in [0.25, 0.3) is 0 Å². The van der Waals surface area contributed by atoms with Crippen molar-refractivity contribution in [1.82, 2.24) is 5.16 Å². The number of rotatable bonds is 5. The van der Waals surface area contributed by atoms with E-state index in [0.717, 1.165) is 16.7 Å². The Morgan fingerprint density at radius 1 is 1.07 bits per heavy atom. The zero-order valence-corrected chi connectivity index (χ0v) is 15.7. The van der Waals surface area contributed by atoms with E-state index < -0.39 is 0 Å². The third-order valence-corrected chi connectivity index (χ3v) is 4.43. The summed E-state index contributed by atoms with van der Waals surface area (Å²) in [6.07, 6.45) is 5.31. The molecule has 1 heterocycles. The van der Waals surface area contributed by atoms with Gasteiger partial charge in [-0.25, -0.2) is 4.79 Å². The standard InChI is InChI=1S/C22H18ClNO3/c1-3-17(22(25)26-2)18-12-8-7-9-15(18)13-14-19-20(23)21(24-27-19)16-10-5-4-6-11-16/h3-14H,1-2H3. The van der Waals surface area contributed by atoms with Gasteiger partial charge >= 0.3 is 5.97 Å². The second kappa shape index (κ2) is 8.52. The quantitative estimate of drug-likeness (QED) is 0.419. The summed E-state index contributed by atoms with van der Waals surface area (Å²) in [4.78, 5) is 12.0. The zero-order valence-electron chi connectivity index (χ0n) is 15.0. The minimum Gasteiger partial charge on any atom is -0.465 e. The van der Waals surface area contributed by atoms with E-state index in [1.165, 1.54) is 7.11 Å². The summed E-state index contributed by atoms with van der Waals surface area (Å²) < 4.78 is 10.3. The van der Waals surface area contributed by atoms with Crippen molar-refractivity contribution in [3.8, 4) is 11.3 Å². The van der Waals surface area contributed by atoms with Gasteiger partial charge in [-0.1, -0.05) is 83.5 Å². The van der Waals surface area contributed by atoms with Crippen molar-refractivity contribution in [3.63, 3.8) is 0 Å². The van der Waals surface area contributed by atoms with E-state index in [2.05, 4.69) is 5.16 Å². The van der Waals surface area contributed by atoms with Gasteiger partial charge in [0.1, 0.15) is 10.7 Å². The van der Waals surface area contributed by atoms with Gasteiger partial charge in [-0.05, 0) is 24.1 Å². The van der Waals surface area contributed by atoms with Gasteiger partial charge in [-0.2, -0.15) is 0 Å². The molecule has 0 saturated carbocycles. The molecule has 0 atom stereocenters. The molecule has 0 bridgehead atoms. The zero-order chi connectivity index (χ0) is 19.2. The summed E-state index contributed by atoms with van der Waals surface area (Å²) >= 11 is 6.43. The van der Waals surface area contributed by atoms with Crippen molar-refractivity contribution in [2.24, 2.45) is 0 Å². The summed E-state index contributed by atoms with van der Waals surface area (Å²) in [5, 5.41) is 4.51. The average molecular weight is 380 g/mol. The number of carbonyl (C=O) groups excluding carboxylic acids is 1. The molecule has 0 aliphatic carbocycles. The Bertz CT molecular complexity index is 1000. The topological polar surface area (TPSA) is 52.3 Å². The van der Waals surface area contributed by atoms with Gasteiger partial charge in [-0.3, -0.25) is 0 Å². The number of aromatic nitrogens is 1. The normalized spacial score (nSPS) is 11.7. The van der Waals surface area contributed by atoms with E-state index in [-0.39, 0.29) is 5.97 Å². The fourth-order valence-electron chi connectivity index (χ4n) is 2.72. The van der Waals surface area contributed by atoms with Crippen LogP contribution in [-0.2, 0) is 9.53 Å². The smallest absolute Gasteiger partial charge is 0.338 e. The van der Waals surface area contributed by atoms with Crippen LogP contribution in [0.4, 0.5) is 0 Å². The van der Waals surface area contributed by atoms with Crippen molar-refractivity contribution in [2.45, 2.75) is 6.92 Å². The first kappa shape index (κ1) is 18.7. The highest BCUT2D eigenvalue weighted by molar-refractivity contribution is 6.34. The third kappa shape index (κ3) is 4.01. The number of hydrogen-bond acceptors (Lipinski definition) is 4. The van der Waals surface area contributed by atoms with E-state index in [9.17, 15) is 4.79 Å². The summed E-state index contributed by atoms with van der Waals surface area (Å²) in [7, 11) is 1.36. The second-order valence-electron chi connectivity index (χ2n) is 5.69. The molecular formula is C22H18ClNO3. The highest BCUT2D eigenvalue weighted by atomic mass is 35.5. The van der Waals surface area contributed by atoms with Crippen molar-refractivity contribution in [2.75, 3.05) is 7.11 Å². The van der Waals surface area contributed by atoms with Crippen molar-refractivity contribution < 1.29 is 14.1 Å². The van der Waals surface area contributed by atoms with Crippen LogP contribution in [-0.4, -0.2) is 18.2 Å². The van der Waals surface area contributed by atoms with Crippen LogP contribution < -0.4 is 0 Å². The summed E-state index contributed by atoms with van der Waals surface area (Å²) in [6, 6.07) is 17.1. The maximum absolute atomic E-state index is 12.0. The first-order valence-electron chi connectivity index (χ1n) is 8.38. The fourth-order valence-corrected chi connectivity index (χ4v) is 2.96. The van der Waals surface area contributed by atoms with Gasteiger partial charge < -0.3 is 9.26 Å². The Morgan fingerprint density at radius 3 is 2.48 bits per heavy atom. The first-order chi connectivity index (χ1) is 13.2. The van der Waals surface area contributed by atoms with Crippen LogP contribution in [0.5, 0.6) is 0 Å². The van der Waals surface area contributed by atoms with Crippen LogP contribution in [0.3, 0.4) is 0 Å². The predicted octanol–water partition coefficient (Wildman–Crippen LogP) is 5.74. The molecule has 0 N–H and O–H groups in total. The molecule has 4 nitrogen and oxygen atoms in total. The number of ether oxygens (including phenoxy) is 1. The van der Waals surface area contributed by atoms with Gasteiger partial charge in [0.2, 0.25) is 0 Å². The van der Waals surface area contributed by atoms with Gasteiger partial charge in [0, 0.05) is 5.56 Å². The second-order valence-corrected chi connectivity index (χ2v) is 6.07. The third-order valence-electron chi connectivity index (χ3n) is 4.07. The lowest BCUT2D eigenvalue weighted by molar-refractivity contribution is -0.133. The van der Waals surface area contributed by atoms with E-state index in [1.807, 2.05) is 60.7 Å². The van der Waals surface area contributed by atoms with Gasteiger partial charge in [0.15, 0.2) is 5.76 Å². The van der Waals surface area contributed by atoms with Crippen molar-refractivity contribution >= 4 is 35.3 Å². The molecule has 27 heavy (non-hydrogen) atoms. The van der Waals surface area contributed by atoms with Gasteiger partial charge in [0.05, 0.1) is 12.7 Å². The lowest BCUT2D eigenvalue weighted by Crippen LogP contribution is -2.04. The molecule has 0 amide bonds. The molecule has 0 spiro atoms. The molecular weight excluding hydrogens is 362 g/mol. The molecule has 1 aromatic heterocycles. The van der Waals surface area contributed by atoms with Crippen LogP contribution in [0.2, 0.25) is 5.02 Å². The lowest BCUT2D eigenvalue weighted by Gasteiger charge is -2.08. The molecule has 2 aromatic carbocycles. The summed E-state index contributed by atoms with van der Waals surface area (Å²) in [5.41, 5.74) is 3.57. The maximum Gasteiger partial charge on any atom is 0.338 e. The van der Waals surface area contributed by atoms with Crippen LogP contribution in [0.15, 0.2) is 65.2 Å². The van der Waals surface area contributed by atoms with Crippen molar-refractivity contribution in [3.05, 3.63) is 82.6 Å². The minimum absolute atomic E-state index is 0.387. The molecule has 0 saturated heterocycles. The first-order valence-corrected chi connectivity index (χ1v) is 8.76. The average Bonchev–Trinajstić information content (AvgIpc) is 3.08. The number of allylic oxidation sites excluding steroid dienone is 1. The lowest BCUT2D eigenvalue weighted by atomic mass is 9.99. The Kier molecular flexibility index (Phi) is 5.89. The Morgan fingerprint density at radius 2 is 1.78 bits per heavy atom. The number of hydrogen-bond donors (Lipinski definition) is 0. The highest BCUT2D eigenvalue weighted by Gasteiger charge is 2.15. The molecule has 0 aliphatic heterocycles. The molecule has 3 aromatic rings. The SMILES string of the molecule is CC=C(C(=O)OC)c1ccccc1C=Cc1onc(-c2ccccc2)c1Cl. The number of benzene rings is 2. The summed E-state index contributed by atoms with van der Waals surface area (Å²) in [6.45, 7) is 1.80. The monoisotopic (exact) mass is 379 g/mol. The number of methoxy groups -OCH3 is 1. The van der Waals surface area contributed by atoms with Crippen LogP contribution in [0, 0.1) is 0 Å². The van der Waals surface area contributed by atoms with E-state index >= 15 is 0 Å². The minimum atomic E-state index is -0.387. The summed E-state index contributed by atoms with van der Waals surface area (Å²) in [5.74, 6) is 0.0628. The van der Waals surface area contributed by atoms with Crippen LogP contribution in [0.1, 0.15) is 23.8 Å². The van der Waals surface area contributed by atoms with Crippen molar-refractivity contribution in [1.29, 1.82) is 0 Å². The Labute approximate surface area is 162 Å². The fraction of sp³-hybridized carbons (Fsp3) is 0.0909. The molecule has 136 valence electrons. The van der Waals surface area contributed by atoms with E-state index in [0.29, 0.717) is 22.0 Å². The molecule has 0 aliphatic rings. The predicted molar refractivity (Wildman–Crippen MR) is 108 cm³/mol. The Balaban J connectivity index is 1.94. The van der Waals surface area contributed by atoms with Crippen LogP contribution >= 0.6 is 11.6 Å². The van der Waals surface area contributed by atoms with E-state index in [4.69, 9.17) is 20.9 Å². The molecule has 0 radical (unpaired) electrons. The number of esters is 1. The van der Waals surface area contributed by atoms with Gasteiger partial charge in [-0.15, -0.1) is 0 Å².